The number of ether oxygens (including phenoxy) is 3. The Balaban J connectivity index is 1.36. The zero-order chi connectivity index (χ0) is 33.4. The average molecular weight is 637 g/mol. The third kappa shape index (κ3) is 7.26. The molecule has 11 heteroatoms. The summed E-state index contributed by atoms with van der Waals surface area (Å²) in [6.45, 7) is 9.99. The van der Waals surface area contributed by atoms with E-state index < -0.39 is 35.6 Å². The summed E-state index contributed by atoms with van der Waals surface area (Å²) >= 11 is 0. The summed E-state index contributed by atoms with van der Waals surface area (Å²) in [5, 5.41) is 19.0. The van der Waals surface area contributed by atoms with Crippen molar-refractivity contribution in [3.05, 3.63) is 23.3 Å². The second-order valence-corrected chi connectivity index (χ2v) is 15.4. The number of fused-ring (bicyclic) bond motifs is 1. The summed E-state index contributed by atoms with van der Waals surface area (Å²) in [6.07, 6.45) is 6.86. The molecule has 3 N–H and O–H groups in total. The Morgan fingerprint density at radius 2 is 1.67 bits per heavy atom. The van der Waals surface area contributed by atoms with E-state index in [-0.39, 0.29) is 57.3 Å². The number of hydrogen-bond acceptors (Lipinski definition) is 8. The van der Waals surface area contributed by atoms with E-state index in [0.29, 0.717) is 32.2 Å². The second kappa shape index (κ2) is 12.8. The van der Waals surface area contributed by atoms with Gasteiger partial charge in [0.15, 0.2) is 0 Å². The molecule has 46 heavy (non-hydrogen) atoms. The van der Waals surface area contributed by atoms with Crippen molar-refractivity contribution in [1.82, 2.24) is 16.0 Å². The Bertz CT molecular complexity index is 1400. The Hall–Kier alpha value is -3.81. The van der Waals surface area contributed by atoms with Crippen molar-refractivity contribution in [1.29, 1.82) is 5.26 Å². The SMILES string of the molecule is COc1cc(C#N)c(OC2CCC(C)(C=O)CC2)cc1C(=O)N[C@@H]1[C@@H]2CC2C(NC(=O)OC(C)(C)C)[C@@H]1C(=O)NCC1(C)CCC1. The lowest BCUT2D eigenvalue weighted by molar-refractivity contribution is -0.127. The molecule has 1 aromatic rings. The largest absolute Gasteiger partial charge is 0.496 e. The van der Waals surface area contributed by atoms with E-state index in [1.54, 1.807) is 20.8 Å². The maximum Gasteiger partial charge on any atom is 0.407 e. The van der Waals surface area contributed by atoms with Crippen LogP contribution in [0.4, 0.5) is 4.79 Å². The van der Waals surface area contributed by atoms with Crippen LogP contribution in [0.5, 0.6) is 11.5 Å². The molecule has 0 spiro atoms. The molecule has 4 fully saturated rings. The van der Waals surface area contributed by atoms with Gasteiger partial charge >= 0.3 is 6.09 Å². The van der Waals surface area contributed by atoms with Gasteiger partial charge in [0, 0.05) is 30.1 Å². The van der Waals surface area contributed by atoms with Gasteiger partial charge in [0.05, 0.1) is 30.3 Å². The number of hydrogen-bond donors (Lipinski definition) is 3. The van der Waals surface area contributed by atoms with Crippen LogP contribution < -0.4 is 25.4 Å². The number of carbonyl (C=O) groups is 4. The van der Waals surface area contributed by atoms with Gasteiger partial charge in [-0.3, -0.25) is 9.59 Å². The molecule has 0 saturated heterocycles. The molecule has 0 aromatic heterocycles. The van der Waals surface area contributed by atoms with E-state index in [4.69, 9.17) is 14.2 Å². The molecule has 2 unspecified atom stereocenters. The quantitative estimate of drug-likeness (QED) is 0.313. The van der Waals surface area contributed by atoms with Crippen LogP contribution in [0.15, 0.2) is 12.1 Å². The second-order valence-electron chi connectivity index (χ2n) is 15.4. The van der Waals surface area contributed by atoms with E-state index >= 15 is 0 Å². The summed E-state index contributed by atoms with van der Waals surface area (Å²) in [7, 11) is 1.43. The molecule has 4 aliphatic rings. The van der Waals surface area contributed by atoms with Crippen molar-refractivity contribution in [2.45, 2.75) is 110 Å². The highest BCUT2D eigenvalue weighted by Crippen LogP contribution is 2.55. The average Bonchev–Trinajstić information content (AvgIpc) is 3.73. The number of nitrogens with zero attached hydrogens (tertiary/aromatic N) is 1. The molecule has 0 bridgehead atoms. The van der Waals surface area contributed by atoms with Gasteiger partial charge in [0.2, 0.25) is 5.91 Å². The minimum Gasteiger partial charge on any atom is -0.496 e. The van der Waals surface area contributed by atoms with Crippen molar-refractivity contribution >= 4 is 24.2 Å². The highest BCUT2D eigenvalue weighted by Gasteiger charge is 2.63. The summed E-state index contributed by atoms with van der Waals surface area (Å²) in [5.74, 6) is -0.838. The van der Waals surface area contributed by atoms with Crippen LogP contribution in [-0.2, 0) is 14.3 Å². The third-order valence-electron chi connectivity index (χ3n) is 10.4. The molecule has 250 valence electrons. The fourth-order valence-electron chi connectivity index (χ4n) is 7.34. The molecule has 0 aliphatic heterocycles. The van der Waals surface area contributed by atoms with E-state index in [2.05, 4.69) is 28.9 Å². The summed E-state index contributed by atoms with van der Waals surface area (Å²) in [4.78, 5) is 52.1. The molecule has 11 nitrogen and oxygen atoms in total. The van der Waals surface area contributed by atoms with E-state index in [9.17, 15) is 24.4 Å². The van der Waals surface area contributed by atoms with Crippen LogP contribution in [0.3, 0.4) is 0 Å². The fraction of sp³-hybridized carbons (Fsp3) is 0.686. The first kappa shape index (κ1) is 33.6. The van der Waals surface area contributed by atoms with Crippen molar-refractivity contribution < 1.29 is 33.4 Å². The van der Waals surface area contributed by atoms with Gasteiger partial charge in [0.25, 0.3) is 5.91 Å². The van der Waals surface area contributed by atoms with Crippen molar-refractivity contribution in [3.8, 4) is 17.6 Å². The van der Waals surface area contributed by atoms with Gasteiger partial charge < -0.3 is 35.0 Å². The summed E-state index contributed by atoms with van der Waals surface area (Å²) in [5.41, 5.74) is -0.594. The van der Waals surface area contributed by atoms with Gasteiger partial charge in [-0.25, -0.2) is 4.79 Å². The van der Waals surface area contributed by atoms with Crippen LogP contribution in [-0.4, -0.2) is 61.6 Å². The Kier molecular flexibility index (Phi) is 9.31. The van der Waals surface area contributed by atoms with E-state index in [1.807, 2.05) is 6.92 Å². The maximum atomic E-state index is 14.0. The highest BCUT2D eigenvalue weighted by atomic mass is 16.6. The van der Waals surface area contributed by atoms with E-state index in [0.717, 1.165) is 32.0 Å². The van der Waals surface area contributed by atoms with Gasteiger partial charge in [-0.1, -0.05) is 20.3 Å². The van der Waals surface area contributed by atoms with Gasteiger partial charge in [0.1, 0.15) is 29.5 Å². The molecular formula is C35H48N4O7. The number of carbonyl (C=O) groups excluding carboxylic acids is 4. The number of nitriles is 1. The van der Waals surface area contributed by atoms with Crippen LogP contribution in [0, 0.1) is 39.9 Å². The Morgan fingerprint density at radius 3 is 2.22 bits per heavy atom. The molecule has 1 aromatic carbocycles. The molecular weight excluding hydrogens is 588 g/mol. The molecule has 4 aliphatic carbocycles. The molecule has 5 atom stereocenters. The number of nitrogens with one attached hydrogen (secondary N) is 3. The van der Waals surface area contributed by atoms with Gasteiger partial charge in [-0.15, -0.1) is 0 Å². The lowest BCUT2D eigenvalue weighted by atomic mass is 9.70. The number of alkyl carbamates (subject to hydrolysis) is 1. The fourth-order valence-corrected chi connectivity index (χ4v) is 7.34. The van der Waals surface area contributed by atoms with Crippen molar-refractivity contribution in [2.24, 2.45) is 28.6 Å². The molecule has 3 amide bonds. The van der Waals surface area contributed by atoms with Gasteiger partial charge in [-0.2, -0.15) is 5.26 Å². The first-order chi connectivity index (χ1) is 21.7. The van der Waals surface area contributed by atoms with Crippen LogP contribution >= 0.6 is 0 Å². The number of rotatable bonds is 10. The lowest BCUT2D eigenvalue weighted by Gasteiger charge is -2.39. The van der Waals surface area contributed by atoms with Crippen molar-refractivity contribution in [2.75, 3.05) is 13.7 Å². The van der Waals surface area contributed by atoms with E-state index in [1.165, 1.54) is 19.2 Å². The molecule has 5 rings (SSSR count). The van der Waals surface area contributed by atoms with Crippen LogP contribution in [0.25, 0.3) is 0 Å². The predicted octanol–water partition coefficient (Wildman–Crippen LogP) is 4.66. The molecule has 4 saturated carbocycles. The number of amides is 3. The highest BCUT2D eigenvalue weighted by molar-refractivity contribution is 5.98. The molecule has 0 heterocycles. The smallest absolute Gasteiger partial charge is 0.407 e. The Morgan fingerprint density at radius 1 is 1.02 bits per heavy atom. The predicted molar refractivity (Wildman–Crippen MR) is 169 cm³/mol. The molecule has 0 radical (unpaired) electrons. The zero-order valence-electron chi connectivity index (χ0n) is 27.9. The summed E-state index contributed by atoms with van der Waals surface area (Å²) in [6, 6.07) is 4.14. The minimum atomic E-state index is -0.701. The number of aldehydes is 1. The monoisotopic (exact) mass is 636 g/mol. The van der Waals surface area contributed by atoms with Gasteiger partial charge in [-0.05, 0) is 89.0 Å². The minimum absolute atomic E-state index is 0.00777. The third-order valence-corrected chi connectivity index (χ3v) is 10.4. The van der Waals surface area contributed by atoms with Crippen LogP contribution in [0.2, 0.25) is 0 Å². The standard InChI is InChI=1S/C35H48N4O7/c1-33(2,3)46-32(43)39-29-23-15-22(23)28(27(29)31(42)37-18-34(4)10-7-11-34)38-30(41)24-16-25(20(17-36)14-26(24)44-6)45-21-8-12-35(5,19-40)13-9-21/h14,16,19,21-23,27-29H,7-13,15,18H2,1-6H3,(H,37,42)(H,38,41)(H,39,43)/t21?,22-,23?,27-,28-,29?,35?/m1/s1. The first-order valence-electron chi connectivity index (χ1n) is 16.5. The van der Waals surface area contributed by atoms with Crippen LogP contribution in [0.1, 0.15) is 102 Å². The normalized spacial score (nSPS) is 30.8. The zero-order valence-corrected chi connectivity index (χ0v) is 27.9. The number of methoxy groups -OCH3 is 1. The lowest BCUT2D eigenvalue weighted by Crippen LogP contribution is -2.55. The maximum absolute atomic E-state index is 14.0. The number of benzene rings is 1. The van der Waals surface area contributed by atoms with Crippen molar-refractivity contribution in [3.63, 3.8) is 0 Å². The Labute approximate surface area is 271 Å². The summed E-state index contributed by atoms with van der Waals surface area (Å²) < 4.78 is 17.3. The first-order valence-corrected chi connectivity index (χ1v) is 16.5. The topological polar surface area (TPSA) is 156 Å².